The van der Waals surface area contributed by atoms with Gasteiger partial charge in [0.1, 0.15) is 6.61 Å². The predicted octanol–water partition coefficient (Wildman–Crippen LogP) is 5.74. The van der Waals surface area contributed by atoms with Gasteiger partial charge >= 0.3 is 6.09 Å². The molecule has 0 bridgehead atoms. The maximum absolute atomic E-state index is 14.3. The molecule has 0 saturated heterocycles. The summed E-state index contributed by atoms with van der Waals surface area (Å²) in [5.41, 5.74) is 8.02. The van der Waals surface area contributed by atoms with Crippen LogP contribution in [0.4, 0.5) is 13.6 Å². The zero-order chi connectivity index (χ0) is 23.7. The van der Waals surface area contributed by atoms with Crippen molar-refractivity contribution in [2.24, 2.45) is 7.05 Å². The quantitative estimate of drug-likeness (QED) is 0.336. The first-order chi connectivity index (χ1) is 16.3. The summed E-state index contributed by atoms with van der Waals surface area (Å²) in [6.07, 6.45) is 0.339. The van der Waals surface area contributed by atoms with Gasteiger partial charge < -0.3 is 18.8 Å². The highest BCUT2D eigenvalue weighted by molar-refractivity contribution is 5.86. The molecule has 0 aliphatic carbocycles. The SMILES string of the molecule is CC(C)N1Cc2c(c(-c3ccc(F)c(F)c3)n3c2Cc2c(n(C)c4ccccc24)C3)COC1=O. The van der Waals surface area contributed by atoms with Gasteiger partial charge in [0.15, 0.2) is 11.6 Å². The predicted molar refractivity (Wildman–Crippen MR) is 125 cm³/mol. The van der Waals surface area contributed by atoms with Crippen molar-refractivity contribution < 1.29 is 18.3 Å². The number of ether oxygens (including phenoxy) is 1. The number of aryl methyl sites for hydroxylation is 1. The number of para-hydroxylation sites is 1. The first-order valence-electron chi connectivity index (χ1n) is 11.5. The molecule has 34 heavy (non-hydrogen) atoms. The summed E-state index contributed by atoms with van der Waals surface area (Å²) < 4.78 is 38.2. The van der Waals surface area contributed by atoms with Crippen molar-refractivity contribution >= 4 is 17.0 Å². The molecule has 0 saturated carbocycles. The molecule has 4 aromatic rings. The normalized spacial score (nSPS) is 15.2. The number of benzene rings is 2. The summed E-state index contributed by atoms with van der Waals surface area (Å²) in [5.74, 6) is -1.77. The number of cyclic esters (lactones) is 1. The van der Waals surface area contributed by atoms with E-state index in [0.717, 1.165) is 28.6 Å². The van der Waals surface area contributed by atoms with E-state index >= 15 is 0 Å². The highest BCUT2D eigenvalue weighted by Crippen LogP contribution is 2.42. The van der Waals surface area contributed by atoms with Gasteiger partial charge in [0.05, 0.1) is 18.8 Å². The lowest BCUT2D eigenvalue weighted by Crippen LogP contribution is -2.35. The number of hydrogen-bond acceptors (Lipinski definition) is 2. The Bertz CT molecular complexity index is 1480. The fourth-order valence-corrected chi connectivity index (χ4v) is 5.56. The molecule has 0 N–H and O–H groups in total. The van der Waals surface area contributed by atoms with E-state index in [9.17, 15) is 13.6 Å². The molecule has 6 rings (SSSR count). The maximum atomic E-state index is 14.3. The minimum Gasteiger partial charge on any atom is -0.444 e. The van der Waals surface area contributed by atoms with Crippen molar-refractivity contribution in [3.63, 3.8) is 0 Å². The van der Waals surface area contributed by atoms with E-state index in [2.05, 4.69) is 34.4 Å². The summed E-state index contributed by atoms with van der Waals surface area (Å²) in [4.78, 5) is 14.4. The van der Waals surface area contributed by atoms with E-state index in [1.807, 2.05) is 19.9 Å². The third-order valence-electron chi connectivity index (χ3n) is 7.31. The largest absolute Gasteiger partial charge is 0.444 e. The van der Waals surface area contributed by atoms with Crippen molar-refractivity contribution in [2.45, 2.75) is 46.0 Å². The third kappa shape index (κ3) is 2.92. The molecule has 7 heteroatoms. The van der Waals surface area contributed by atoms with Crippen LogP contribution >= 0.6 is 0 Å². The van der Waals surface area contributed by atoms with Gasteiger partial charge in [0, 0.05) is 58.5 Å². The lowest BCUT2D eigenvalue weighted by molar-refractivity contribution is 0.0898. The smallest absolute Gasteiger partial charge is 0.410 e. The molecule has 2 aromatic carbocycles. The minimum atomic E-state index is -0.891. The maximum Gasteiger partial charge on any atom is 0.410 e. The van der Waals surface area contributed by atoms with Gasteiger partial charge in [-0.25, -0.2) is 13.6 Å². The average Bonchev–Trinajstić information content (AvgIpc) is 3.20. The van der Waals surface area contributed by atoms with Gasteiger partial charge in [-0.3, -0.25) is 0 Å². The first-order valence-corrected chi connectivity index (χ1v) is 11.5. The summed E-state index contributed by atoms with van der Waals surface area (Å²) in [6, 6.07) is 12.3. The van der Waals surface area contributed by atoms with Crippen LogP contribution in [0, 0.1) is 11.6 Å². The molecule has 4 heterocycles. The van der Waals surface area contributed by atoms with E-state index in [4.69, 9.17) is 4.74 Å². The van der Waals surface area contributed by atoms with Gasteiger partial charge in [-0.1, -0.05) is 18.2 Å². The zero-order valence-corrected chi connectivity index (χ0v) is 19.4. The number of aromatic nitrogens is 2. The second kappa shape index (κ2) is 7.45. The summed E-state index contributed by atoms with van der Waals surface area (Å²) in [5, 5.41) is 1.22. The van der Waals surface area contributed by atoms with Crippen molar-refractivity contribution in [3.05, 3.63) is 82.2 Å². The zero-order valence-electron chi connectivity index (χ0n) is 19.4. The molecule has 174 valence electrons. The Morgan fingerprint density at radius 1 is 0.941 bits per heavy atom. The molecule has 0 atom stereocenters. The molecular weight excluding hydrogens is 436 g/mol. The van der Waals surface area contributed by atoms with Crippen LogP contribution < -0.4 is 0 Å². The Hall–Kier alpha value is -3.61. The fraction of sp³-hybridized carbons (Fsp3) is 0.296. The van der Waals surface area contributed by atoms with Gasteiger partial charge in [0.2, 0.25) is 0 Å². The first kappa shape index (κ1) is 21.0. The van der Waals surface area contributed by atoms with Crippen molar-refractivity contribution in [3.8, 4) is 11.3 Å². The van der Waals surface area contributed by atoms with Crippen LogP contribution in [0.25, 0.3) is 22.2 Å². The number of nitrogens with zero attached hydrogens (tertiary/aromatic N) is 3. The number of amides is 1. The van der Waals surface area contributed by atoms with Crippen LogP contribution in [0.15, 0.2) is 42.5 Å². The molecule has 0 unspecified atom stereocenters. The fourth-order valence-electron chi connectivity index (χ4n) is 5.56. The van der Waals surface area contributed by atoms with Gasteiger partial charge in [0.25, 0.3) is 0 Å². The van der Waals surface area contributed by atoms with Crippen molar-refractivity contribution in [2.75, 3.05) is 0 Å². The second-order valence-electron chi connectivity index (χ2n) is 9.42. The van der Waals surface area contributed by atoms with Gasteiger partial charge in [-0.15, -0.1) is 0 Å². The van der Waals surface area contributed by atoms with Crippen molar-refractivity contribution in [1.29, 1.82) is 0 Å². The van der Waals surface area contributed by atoms with Crippen LogP contribution in [-0.2, 0) is 37.9 Å². The molecule has 0 spiro atoms. The van der Waals surface area contributed by atoms with Crippen LogP contribution in [0.5, 0.6) is 0 Å². The molecule has 0 radical (unpaired) electrons. The lowest BCUT2D eigenvalue weighted by atomic mass is 9.98. The van der Waals surface area contributed by atoms with E-state index in [1.165, 1.54) is 28.2 Å². The van der Waals surface area contributed by atoms with E-state index in [0.29, 0.717) is 25.1 Å². The third-order valence-corrected chi connectivity index (χ3v) is 7.31. The second-order valence-corrected chi connectivity index (χ2v) is 9.42. The highest BCUT2D eigenvalue weighted by Gasteiger charge is 2.35. The van der Waals surface area contributed by atoms with E-state index < -0.39 is 11.6 Å². The standard InChI is InChI=1S/C27H25F2N3O2/c1-15(2)31-12-19-20(14-34-27(31)33)26(16-8-9-21(28)22(29)10-16)32-13-25-18(11-24(19)32)17-6-4-5-7-23(17)30(25)3/h4-10,15H,11-14H2,1-3H3. The molecule has 2 aliphatic heterocycles. The number of carbonyl (C=O) groups is 1. The topological polar surface area (TPSA) is 39.4 Å². The van der Waals surface area contributed by atoms with Crippen LogP contribution in [-0.4, -0.2) is 26.2 Å². The van der Waals surface area contributed by atoms with Crippen LogP contribution in [0.3, 0.4) is 0 Å². The van der Waals surface area contributed by atoms with Gasteiger partial charge in [-0.2, -0.15) is 0 Å². The Kier molecular flexibility index (Phi) is 4.59. The molecule has 5 nitrogen and oxygen atoms in total. The molecular formula is C27H25F2N3O2. The average molecular weight is 462 g/mol. The lowest BCUT2D eigenvalue weighted by Gasteiger charge is -2.26. The number of hydrogen-bond donors (Lipinski definition) is 0. The Morgan fingerprint density at radius 2 is 1.74 bits per heavy atom. The van der Waals surface area contributed by atoms with E-state index in [1.54, 1.807) is 11.0 Å². The van der Waals surface area contributed by atoms with Gasteiger partial charge in [-0.05, 0) is 43.7 Å². The Morgan fingerprint density at radius 3 is 2.50 bits per heavy atom. The molecule has 2 aliphatic rings. The Labute approximate surface area is 196 Å². The van der Waals surface area contributed by atoms with Crippen LogP contribution in [0.2, 0.25) is 0 Å². The molecule has 1 amide bonds. The van der Waals surface area contributed by atoms with Crippen molar-refractivity contribution in [1.82, 2.24) is 14.0 Å². The highest BCUT2D eigenvalue weighted by atomic mass is 19.2. The minimum absolute atomic E-state index is 0.0302. The number of halogens is 2. The number of rotatable bonds is 2. The Balaban J connectivity index is 1.61. The molecule has 0 fully saturated rings. The van der Waals surface area contributed by atoms with E-state index in [-0.39, 0.29) is 18.7 Å². The number of fused-ring (bicyclic) bond motifs is 6. The summed E-state index contributed by atoms with van der Waals surface area (Å²) in [6.45, 7) is 5.06. The summed E-state index contributed by atoms with van der Waals surface area (Å²) >= 11 is 0. The number of carbonyl (C=O) groups excluding carboxylic acids is 1. The van der Waals surface area contributed by atoms with Crippen LogP contribution in [0.1, 0.15) is 41.9 Å². The summed E-state index contributed by atoms with van der Waals surface area (Å²) in [7, 11) is 2.07. The monoisotopic (exact) mass is 461 g/mol. The molecule has 2 aromatic heterocycles.